The van der Waals surface area contributed by atoms with Crippen LogP contribution in [0.15, 0.2) is 6.20 Å². The van der Waals surface area contributed by atoms with Gasteiger partial charge in [-0.3, -0.25) is 9.13 Å². The number of rotatable bonds is 9. The van der Waals surface area contributed by atoms with Crippen molar-refractivity contribution in [1.82, 2.24) is 19.6 Å². The largest absolute Gasteiger partial charge is 0.387 e. The molecule has 34 heavy (non-hydrogen) atoms. The van der Waals surface area contributed by atoms with Gasteiger partial charge in [0.1, 0.15) is 24.4 Å². The molecule has 2 aromatic rings. The third kappa shape index (κ3) is 5.62. The monoisotopic (exact) mass is 541 g/mol. The van der Waals surface area contributed by atoms with Gasteiger partial charge in [0.2, 0.25) is 5.28 Å². The summed E-state index contributed by atoms with van der Waals surface area (Å²) in [5, 5.41) is 28.5. The first-order valence-corrected chi connectivity index (χ1v) is 14.4. The van der Waals surface area contributed by atoms with E-state index in [0.717, 1.165) is 32.8 Å². The van der Waals surface area contributed by atoms with Crippen LogP contribution in [0.3, 0.4) is 0 Å². The van der Waals surface area contributed by atoms with Gasteiger partial charge in [-0.05, 0) is 24.4 Å². The molecule has 2 fully saturated rings. The number of aromatic nitrogens is 4. The molecule has 190 valence electrons. The molecule has 1 aliphatic heterocycles. The van der Waals surface area contributed by atoms with E-state index in [-0.39, 0.29) is 17.0 Å². The fourth-order valence-electron chi connectivity index (χ4n) is 4.12. The number of nitrogens with zero attached hydrogens (tertiary/aromatic N) is 4. The molecule has 1 saturated carbocycles. The van der Waals surface area contributed by atoms with Crippen molar-refractivity contribution in [3.63, 3.8) is 0 Å². The van der Waals surface area contributed by atoms with E-state index in [4.69, 9.17) is 30.6 Å². The maximum Gasteiger partial charge on any atom is 0.342 e. The zero-order valence-electron chi connectivity index (χ0n) is 18.1. The maximum absolute atomic E-state index is 12.5. The third-order valence-electron chi connectivity index (χ3n) is 5.78. The van der Waals surface area contributed by atoms with Crippen molar-refractivity contribution in [2.24, 2.45) is 0 Å². The normalized spacial score (nSPS) is 27.9. The number of hydrogen-bond donors (Lipinski definition) is 5. The standard InChI is InChI=1S/C17H26ClN5O9P2/c1-30-34(29,8-33(26,27)28)31-7-11-12(24)13(25)14(32-11)10-6-19-16-15(20-9-4-2-3-5-9)21-17(18)22-23(10)16/h6,9,11-14,24-25H,2-5,7-8H2,1H3,(H,20,21,22)(H2,26,27,28)/t11-,12-,13-,14+,34?/m1/s1. The van der Waals surface area contributed by atoms with Gasteiger partial charge in [0.25, 0.3) is 0 Å². The fourth-order valence-corrected chi connectivity index (χ4v) is 7.35. The van der Waals surface area contributed by atoms with E-state index in [1.165, 1.54) is 10.7 Å². The van der Waals surface area contributed by atoms with Gasteiger partial charge in [-0.25, -0.2) is 9.50 Å². The molecule has 0 amide bonds. The number of ether oxygens (including phenoxy) is 1. The summed E-state index contributed by atoms with van der Waals surface area (Å²) in [4.78, 5) is 26.7. The summed E-state index contributed by atoms with van der Waals surface area (Å²) in [5.74, 6) is -0.699. The number of aliphatic hydroxyl groups is 2. The molecule has 3 heterocycles. The molecule has 0 bridgehead atoms. The zero-order chi connectivity index (χ0) is 24.7. The Morgan fingerprint density at radius 3 is 2.62 bits per heavy atom. The van der Waals surface area contributed by atoms with E-state index in [1.54, 1.807) is 0 Å². The highest BCUT2D eigenvalue weighted by atomic mass is 35.5. The second-order valence-electron chi connectivity index (χ2n) is 8.25. The van der Waals surface area contributed by atoms with Crippen LogP contribution in [0.4, 0.5) is 5.82 Å². The molecule has 0 spiro atoms. The molecule has 1 unspecified atom stereocenters. The predicted molar refractivity (Wildman–Crippen MR) is 119 cm³/mol. The average Bonchev–Trinajstić information content (AvgIpc) is 3.47. The molecule has 2 aromatic heterocycles. The lowest BCUT2D eigenvalue weighted by Crippen LogP contribution is -2.33. The van der Waals surface area contributed by atoms with Gasteiger partial charge in [-0.2, -0.15) is 4.98 Å². The summed E-state index contributed by atoms with van der Waals surface area (Å²) in [6.45, 7) is -0.555. The lowest BCUT2D eigenvalue weighted by Gasteiger charge is -2.20. The molecular formula is C17H26ClN5O9P2. The second kappa shape index (κ2) is 10.1. The third-order valence-corrected chi connectivity index (χ3v) is 9.90. The smallest absolute Gasteiger partial charge is 0.342 e. The van der Waals surface area contributed by atoms with E-state index < -0.39 is 52.1 Å². The average molecular weight is 542 g/mol. The molecular weight excluding hydrogens is 516 g/mol. The van der Waals surface area contributed by atoms with Crippen molar-refractivity contribution in [1.29, 1.82) is 0 Å². The van der Waals surface area contributed by atoms with Gasteiger partial charge < -0.3 is 39.1 Å². The van der Waals surface area contributed by atoms with Crippen LogP contribution in [-0.4, -0.2) is 83.6 Å². The van der Waals surface area contributed by atoms with Crippen molar-refractivity contribution in [2.75, 3.05) is 24.9 Å². The molecule has 2 aliphatic rings. The van der Waals surface area contributed by atoms with E-state index in [2.05, 4.69) is 24.9 Å². The van der Waals surface area contributed by atoms with Crippen LogP contribution in [0.25, 0.3) is 5.65 Å². The van der Waals surface area contributed by atoms with E-state index in [0.29, 0.717) is 11.5 Å². The summed E-state index contributed by atoms with van der Waals surface area (Å²) in [5.41, 5.74) is 0.648. The Hall–Kier alpha value is -1.18. The Morgan fingerprint density at radius 1 is 1.26 bits per heavy atom. The Balaban J connectivity index is 1.53. The van der Waals surface area contributed by atoms with Crippen LogP contribution in [0.1, 0.15) is 37.5 Å². The van der Waals surface area contributed by atoms with Crippen molar-refractivity contribution >= 4 is 38.3 Å². The molecule has 5 atom stereocenters. The van der Waals surface area contributed by atoms with Gasteiger partial charge >= 0.3 is 15.2 Å². The molecule has 0 radical (unpaired) electrons. The van der Waals surface area contributed by atoms with Crippen molar-refractivity contribution < 1.29 is 42.9 Å². The van der Waals surface area contributed by atoms with Gasteiger partial charge in [-0.15, -0.1) is 5.10 Å². The number of halogens is 1. The number of aliphatic hydroxyl groups excluding tert-OH is 2. The Kier molecular flexibility index (Phi) is 7.66. The number of anilines is 1. The Morgan fingerprint density at radius 2 is 1.97 bits per heavy atom. The number of fused-ring (bicyclic) bond motifs is 1. The number of imidazole rings is 1. The van der Waals surface area contributed by atoms with Crippen LogP contribution in [0, 0.1) is 0 Å². The molecule has 14 nitrogen and oxygen atoms in total. The van der Waals surface area contributed by atoms with Gasteiger partial charge in [-0.1, -0.05) is 12.8 Å². The summed E-state index contributed by atoms with van der Waals surface area (Å²) >= 11 is 6.12. The van der Waals surface area contributed by atoms with E-state index >= 15 is 0 Å². The lowest BCUT2D eigenvalue weighted by molar-refractivity contribution is -0.0210. The Bertz CT molecular complexity index is 1120. The van der Waals surface area contributed by atoms with E-state index in [1.807, 2.05) is 0 Å². The van der Waals surface area contributed by atoms with Crippen molar-refractivity contribution in [2.45, 2.75) is 56.1 Å². The molecule has 0 aromatic carbocycles. The van der Waals surface area contributed by atoms with E-state index in [9.17, 15) is 19.3 Å². The first-order valence-electron chi connectivity index (χ1n) is 10.5. The summed E-state index contributed by atoms with van der Waals surface area (Å²) < 4.78 is 40.5. The van der Waals surface area contributed by atoms with Crippen LogP contribution < -0.4 is 5.32 Å². The van der Waals surface area contributed by atoms with Crippen LogP contribution in [0.5, 0.6) is 0 Å². The quantitative estimate of drug-likeness (QED) is 0.285. The Labute approximate surface area is 199 Å². The molecule has 4 rings (SSSR count). The SMILES string of the molecule is COP(=O)(CP(=O)(O)O)OC[C@H]1O[C@@H](c2cnc3c(NC4CCCC4)nc(Cl)nn23)[C@H](O)[C@@H]1O. The summed E-state index contributed by atoms with van der Waals surface area (Å²) in [7, 11) is -7.88. The first kappa shape index (κ1) is 25.9. The highest BCUT2D eigenvalue weighted by Gasteiger charge is 2.46. The first-order chi connectivity index (χ1) is 16.0. The molecule has 1 saturated heterocycles. The van der Waals surface area contributed by atoms with Crippen molar-refractivity contribution in [3.05, 3.63) is 17.2 Å². The number of nitrogens with one attached hydrogen (secondary N) is 1. The topological polar surface area (TPSA) is 198 Å². The van der Waals surface area contributed by atoms with Crippen LogP contribution in [-0.2, 0) is 22.9 Å². The number of hydrogen-bond acceptors (Lipinski definition) is 11. The van der Waals surface area contributed by atoms with Gasteiger partial charge in [0, 0.05) is 13.2 Å². The summed E-state index contributed by atoms with van der Waals surface area (Å²) in [6.07, 6.45) is 0.436. The van der Waals surface area contributed by atoms with Crippen molar-refractivity contribution in [3.8, 4) is 0 Å². The molecule has 17 heteroatoms. The minimum absolute atomic E-state index is 0.0568. The lowest BCUT2D eigenvalue weighted by atomic mass is 10.1. The zero-order valence-corrected chi connectivity index (χ0v) is 20.6. The highest BCUT2D eigenvalue weighted by molar-refractivity contribution is 7.70. The maximum atomic E-state index is 12.5. The molecule has 1 aliphatic carbocycles. The van der Waals surface area contributed by atoms with Crippen LogP contribution in [0.2, 0.25) is 5.28 Å². The second-order valence-corrected chi connectivity index (χ2v) is 12.9. The molecule has 5 N–H and O–H groups in total. The van der Waals surface area contributed by atoms with Crippen LogP contribution >= 0.6 is 26.8 Å². The minimum Gasteiger partial charge on any atom is -0.387 e. The highest BCUT2D eigenvalue weighted by Crippen LogP contribution is 2.58. The fraction of sp³-hybridized carbons (Fsp3) is 0.706. The van der Waals surface area contributed by atoms with Gasteiger partial charge in [0.05, 0.1) is 18.5 Å². The predicted octanol–water partition coefficient (Wildman–Crippen LogP) is 1.29. The summed E-state index contributed by atoms with van der Waals surface area (Å²) in [6, 6.07) is 0.233. The minimum atomic E-state index is -4.70. The van der Waals surface area contributed by atoms with Gasteiger partial charge in [0.15, 0.2) is 17.4 Å².